The molecular weight excluding hydrogens is 254 g/mol. The molecule has 2 aromatic heterocycles. The van der Waals surface area contributed by atoms with Gasteiger partial charge in [0.15, 0.2) is 0 Å². The topological polar surface area (TPSA) is 99.8 Å². The molecule has 8 heteroatoms. The second-order valence-electron chi connectivity index (χ2n) is 3.56. The first-order chi connectivity index (χ1) is 8.62. The summed E-state index contributed by atoms with van der Waals surface area (Å²) in [6.07, 6.45) is 4.50. The van der Waals surface area contributed by atoms with Gasteiger partial charge in [-0.2, -0.15) is 5.10 Å². The van der Waals surface area contributed by atoms with Crippen molar-refractivity contribution in [2.45, 2.75) is 11.4 Å². The maximum absolute atomic E-state index is 11.9. The summed E-state index contributed by atoms with van der Waals surface area (Å²) in [6.45, 7) is 0.187. The van der Waals surface area contributed by atoms with E-state index < -0.39 is 10.0 Å². The van der Waals surface area contributed by atoms with E-state index in [1.165, 1.54) is 12.3 Å². The minimum Gasteiger partial charge on any atom is -0.373 e. The van der Waals surface area contributed by atoms with Crippen molar-refractivity contribution in [2.75, 3.05) is 12.4 Å². The van der Waals surface area contributed by atoms with Crippen LogP contribution in [0.3, 0.4) is 0 Å². The van der Waals surface area contributed by atoms with E-state index >= 15 is 0 Å². The summed E-state index contributed by atoms with van der Waals surface area (Å²) in [5.41, 5.74) is 0.762. The number of hydrogen-bond acceptors (Lipinski definition) is 5. The average Bonchev–Trinajstić information content (AvgIpc) is 2.90. The van der Waals surface area contributed by atoms with E-state index in [0.717, 1.165) is 5.56 Å². The number of sulfonamides is 1. The molecule has 96 valence electrons. The maximum atomic E-state index is 11.9. The fraction of sp³-hybridized carbons (Fsp3) is 0.200. The number of hydrogen-bond donors (Lipinski definition) is 3. The molecule has 0 amide bonds. The minimum atomic E-state index is -3.54. The minimum absolute atomic E-state index is 0.130. The van der Waals surface area contributed by atoms with Gasteiger partial charge >= 0.3 is 0 Å². The highest BCUT2D eigenvalue weighted by Gasteiger charge is 2.14. The Kier molecular flexibility index (Phi) is 3.58. The van der Waals surface area contributed by atoms with Crippen molar-refractivity contribution in [1.29, 1.82) is 0 Å². The quantitative estimate of drug-likeness (QED) is 0.724. The average molecular weight is 267 g/mol. The van der Waals surface area contributed by atoms with Crippen molar-refractivity contribution in [3.8, 4) is 0 Å². The number of aromatic nitrogens is 3. The Hall–Kier alpha value is -1.93. The molecule has 0 aliphatic carbocycles. The van der Waals surface area contributed by atoms with E-state index in [4.69, 9.17) is 0 Å². The molecule has 7 nitrogen and oxygen atoms in total. The number of anilines is 1. The van der Waals surface area contributed by atoms with Crippen molar-refractivity contribution in [3.63, 3.8) is 0 Å². The molecule has 3 N–H and O–H groups in total. The van der Waals surface area contributed by atoms with Gasteiger partial charge in [0.05, 0.1) is 6.20 Å². The van der Waals surface area contributed by atoms with Gasteiger partial charge in [-0.05, 0) is 12.1 Å². The highest BCUT2D eigenvalue weighted by molar-refractivity contribution is 7.89. The fourth-order valence-corrected chi connectivity index (χ4v) is 2.29. The predicted octanol–water partition coefficient (Wildman–Crippen LogP) is 0.325. The summed E-state index contributed by atoms with van der Waals surface area (Å²) in [7, 11) is -1.83. The molecule has 0 aliphatic rings. The van der Waals surface area contributed by atoms with Crippen LogP contribution < -0.4 is 10.0 Å². The number of nitrogens with one attached hydrogen (secondary N) is 3. The molecule has 0 saturated carbocycles. The van der Waals surface area contributed by atoms with E-state index in [-0.39, 0.29) is 11.4 Å². The van der Waals surface area contributed by atoms with E-state index in [1.54, 1.807) is 25.5 Å². The highest BCUT2D eigenvalue weighted by Crippen LogP contribution is 2.10. The van der Waals surface area contributed by atoms with Crippen LogP contribution in [-0.4, -0.2) is 30.6 Å². The maximum Gasteiger partial charge on any atom is 0.242 e. The second kappa shape index (κ2) is 5.15. The van der Waals surface area contributed by atoms with Crippen LogP contribution in [0.1, 0.15) is 5.56 Å². The van der Waals surface area contributed by atoms with Crippen molar-refractivity contribution in [2.24, 2.45) is 0 Å². The molecule has 0 spiro atoms. The van der Waals surface area contributed by atoms with E-state index in [9.17, 15) is 8.42 Å². The first-order valence-corrected chi connectivity index (χ1v) is 6.71. The van der Waals surface area contributed by atoms with Gasteiger partial charge in [0, 0.05) is 31.5 Å². The van der Waals surface area contributed by atoms with Crippen LogP contribution in [0, 0.1) is 0 Å². The van der Waals surface area contributed by atoms with E-state index in [1.807, 2.05) is 0 Å². The lowest BCUT2D eigenvalue weighted by atomic mass is 10.4. The third-order valence-corrected chi connectivity index (χ3v) is 3.71. The molecular formula is C10H13N5O2S. The van der Waals surface area contributed by atoms with Crippen LogP contribution in [0.25, 0.3) is 0 Å². The Morgan fingerprint density at radius 3 is 2.72 bits per heavy atom. The van der Waals surface area contributed by atoms with Gasteiger partial charge in [-0.15, -0.1) is 0 Å². The van der Waals surface area contributed by atoms with Crippen LogP contribution in [0.4, 0.5) is 5.82 Å². The highest BCUT2D eigenvalue weighted by atomic mass is 32.2. The van der Waals surface area contributed by atoms with Crippen molar-refractivity contribution >= 4 is 15.8 Å². The summed E-state index contributed by atoms with van der Waals surface area (Å²) in [5, 5.41) is 9.17. The van der Waals surface area contributed by atoms with Gasteiger partial charge in [0.2, 0.25) is 10.0 Å². The lowest BCUT2D eigenvalue weighted by Crippen LogP contribution is -2.23. The van der Waals surface area contributed by atoms with Gasteiger partial charge in [0.1, 0.15) is 10.7 Å². The molecule has 0 bridgehead atoms. The Morgan fingerprint density at radius 2 is 2.17 bits per heavy atom. The second-order valence-corrected chi connectivity index (χ2v) is 5.33. The van der Waals surface area contributed by atoms with Crippen LogP contribution in [-0.2, 0) is 16.6 Å². The zero-order chi connectivity index (χ0) is 13.0. The van der Waals surface area contributed by atoms with Gasteiger partial charge in [0.25, 0.3) is 0 Å². The standard InChI is InChI=1S/C10H13N5O2S/c1-11-10-3-2-9(7-12-10)18(16,17)15-6-8-4-13-14-5-8/h2-5,7,15H,6H2,1H3,(H,11,12)(H,13,14). The normalized spacial score (nSPS) is 11.4. The molecule has 18 heavy (non-hydrogen) atoms. The van der Waals surface area contributed by atoms with E-state index in [2.05, 4.69) is 25.2 Å². The van der Waals surface area contributed by atoms with Crippen molar-refractivity contribution in [1.82, 2.24) is 19.9 Å². The van der Waals surface area contributed by atoms with Crippen LogP contribution in [0.5, 0.6) is 0 Å². The lowest BCUT2D eigenvalue weighted by Gasteiger charge is -2.06. The summed E-state index contributed by atoms with van der Waals surface area (Å²) >= 11 is 0. The number of aromatic amines is 1. The number of rotatable bonds is 5. The molecule has 2 rings (SSSR count). The van der Waals surface area contributed by atoms with Crippen LogP contribution in [0.15, 0.2) is 35.6 Å². The summed E-state index contributed by atoms with van der Waals surface area (Å²) < 4.78 is 26.3. The third-order valence-electron chi connectivity index (χ3n) is 2.32. The Morgan fingerprint density at radius 1 is 1.33 bits per heavy atom. The van der Waals surface area contributed by atoms with Crippen molar-refractivity contribution in [3.05, 3.63) is 36.3 Å². The molecule has 0 unspecified atom stereocenters. The number of H-pyrrole nitrogens is 1. The largest absolute Gasteiger partial charge is 0.373 e. The lowest BCUT2D eigenvalue weighted by molar-refractivity contribution is 0.581. The Balaban J connectivity index is 2.09. The third kappa shape index (κ3) is 2.84. The molecule has 0 radical (unpaired) electrons. The molecule has 2 aromatic rings. The van der Waals surface area contributed by atoms with Crippen LogP contribution >= 0.6 is 0 Å². The fourth-order valence-electron chi connectivity index (χ4n) is 1.32. The Labute approximate surface area is 105 Å². The number of pyridine rings is 1. The Bertz CT molecular complexity index is 592. The van der Waals surface area contributed by atoms with Gasteiger partial charge < -0.3 is 5.32 Å². The number of nitrogens with zero attached hydrogens (tertiary/aromatic N) is 2. The molecule has 0 aliphatic heterocycles. The summed E-state index contributed by atoms with van der Waals surface area (Å²) in [5.74, 6) is 0.615. The molecule has 0 fully saturated rings. The monoisotopic (exact) mass is 267 g/mol. The van der Waals surface area contributed by atoms with Crippen molar-refractivity contribution < 1.29 is 8.42 Å². The molecule has 0 aromatic carbocycles. The SMILES string of the molecule is CNc1ccc(S(=O)(=O)NCc2cn[nH]c2)cn1. The first-order valence-electron chi connectivity index (χ1n) is 5.23. The smallest absolute Gasteiger partial charge is 0.242 e. The zero-order valence-corrected chi connectivity index (χ0v) is 10.5. The van der Waals surface area contributed by atoms with Gasteiger partial charge in [-0.3, -0.25) is 5.10 Å². The predicted molar refractivity (Wildman–Crippen MR) is 66.4 cm³/mol. The van der Waals surface area contributed by atoms with E-state index in [0.29, 0.717) is 5.82 Å². The molecule has 2 heterocycles. The zero-order valence-electron chi connectivity index (χ0n) is 9.71. The summed E-state index contributed by atoms with van der Waals surface area (Å²) in [4.78, 5) is 4.09. The van der Waals surface area contributed by atoms with Gasteiger partial charge in [-0.1, -0.05) is 0 Å². The summed E-state index contributed by atoms with van der Waals surface area (Å²) in [6, 6.07) is 3.10. The van der Waals surface area contributed by atoms with Gasteiger partial charge in [-0.25, -0.2) is 18.1 Å². The first kappa shape index (κ1) is 12.5. The molecule has 0 atom stereocenters. The van der Waals surface area contributed by atoms with Crippen LogP contribution in [0.2, 0.25) is 0 Å². The molecule has 0 saturated heterocycles.